The third kappa shape index (κ3) is 8.05. The van der Waals surface area contributed by atoms with E-state index in [0.29, 0.717) is 12.2 Å². The highest BCUT2D eigenvalue weighted by molar-refractivity contribution is 4.86. The second-order valence-electron chi connectivity index (χ2n) is 4.44. The van der Waals surface area contributed by atoms with Gasteiger partial charge in [-0.3, -0.25) is 0 Å². The van der Waals surface area contributed by atoms with Gasteiger partial charge in [0.15, 0.2) is 0 Å². The van der Waals surface area contributed by atoms with Crippen molar-refractivity contribution in [3.63, 3.8) is 0 Å². The highest BCUT2D eigenvalue weighted by Gasteiger charge is 2.41. The highest BCUT2D eigenvalue weighted by atomic mass is 16.6. The Hall–Kier alpha value is -0.160. The normalized spacial score (nSPS) is 25.9. The molecule has 2 aliphatic rings. The quantitative estimate of drug-likeness (QED) is 0.482. The van der Waals surface area contributed by atoms with Crippen LogP contribution in [0.1, 0.15) is 38.5 Å². The van der Waals surface area contributed by atoms with Crippen LogP contribution in [-0.2, 0) is 9.47 Å². The van der Waals surface area contributed by atoms with E-state index in [1.165, 1.54) is 38.5 Å². The number of hydrogen-bond acceptors (Lipinski definition) is 4. The molecule has 0 amide bonds. The molecule has 4 N–H and O–H groups in total. The molecule has 0 aliphatic carbocycles. The molecule has 2 unspecified atom stereocenters. The summed E-state index contributed by atoms with van der Waals surface area (Å²) in [7, 11) is 0. The van der Waals surface area contributed by atoms with Crippen LogP contribution in [0.3, 0.4) is 0 Å². The molecule has 0 bridgehead atoms. The molecule has 0 saturated carbocycles. The molecule has 2 saturated heterocycles. The molecule has 0 spiro atoms. The van der Waals surface area contributed by atoms with E-state index in [9.17, 15) is 0 Å². The van der Waals surface area contributed by atoms with Crippen LogP contribution in [0.25, 0.3) is 0 Å². The van der Waals surface area contributed by atoms with Crippen molar-refractivity contribution in [1.29, 1.82) is 0 Å². The number of hydrogen-bond donors (Lipinski definition) is 2. The van der Waals surface area contributed by atoms with Gasteiger partial charge < -0.3 is 20.9 Å². The van der Waals surface area contributed by atoms with Gasteiger partial charge in [0.05, 0.1) is 13.2 Å². The first kappa shape index (κ1) is 13.9. The third-order valence-corrected chi connectivity index (χ3v) is 2.79. The molecule has 4 heteroatoms. The molecule has 2 atom stereocenters. The monoisotopic (exact) mass is 230 g/mol. The standard InChI is InChI=1S/C8H20N2.C4H6O2/c9-7-5-3-1-2-4-6-8-10;1-3(5-1)4-2-6-4/h1-10H2;3-4H,1-2H2. The fourth-order valence-electron chi connectivity index (χ4n) is 1.54. The molecule has 4 nitrogen and oxygen atoms in total. The average Bonchev–Trinajstić information content (AvgIpc) is 3.15. The van der Waals surface area contributed by atoms with Crippen molar-refractivity contribution >= 4 is 0 Å². The van der Waals surface area contributed by atoms with E-state index < -0.39 is 0 Å². The van der Waals surface area contributed by atoms with Crippen molar-refractivity contribution in [2.24, 2.45) is 11.5 Å². The lowest BCUT2D eigenvalue weighted by Gasteiger charge is -1.97. The van der Waals surface area contributed by atoms with Gasteiger partial charge in [0.25, 0.3) is 0 Å². The van der Waals surface area contributed by atoms with E-state index >= 15 is 0 Å². The largest absolute Gasteiger partial charge is 0.370 e. The van der Waals surface area contributed by atoms with Crippen LogP contribution in [-0.4, -0.2) is 38.5 Å². The topological polar surface area (TPSA) is 77.1 Å². The van der Waals surface area contributed by atoms with Crippen LogP contribution in [0.2, 0.25) is 0 Å². The summed E-state index contributed by atoms with van der Waals surface area (Å²) in [5, 5.41) is 0. The summed E-state index contributed by atoms with van der Waals surface area (Å²) in [5.74, 6) is 0. The van der Waals surface area contributed by atoms with Gasteiger partial charge in [-0.05, 0) is 25.9 Å². The lowest BCUT2D eigenvalue weighted by atomic mass is 10.1. The lowest BCUT2D eigenvalue weighted by Crippen LogP contribution is -1.99. The average molecular weight is 230 g/mol. The summed E-state index contributed by atoms with van der Waals surface area (Å²) < 4.78 is 9.81. The summed E-state index contributed by atoms with van der Waals surface area (Å²) >= 11 is 0. The molecule has 2 aliphatic heterocycles. The molecule has 0 aromatic heterocycles. The van der Waals surface area contributed by atoms with E-state index in [1.807, 2.05) is 0 Å². The van der Waals surface area contributed by atoms with Crippen LogP contribution < -0.4 is 11.5 Å². The van der Waals surface area contributed by atoms with Crippen molar-refractivity contribution < 1.29 is 9.47 Å². The second kappa shape index (κ2) is 8.93. The van der Waals surface area contributed by atoms with Gasteiger partial charge in [0.2, 0.25) is 0 Å². The molecule has 0 aromatic rings. The van der Waals surface area contributed by atoms with Crippen molar-refractivity contribution in [2.75, 3.05) is 26.3 Å². The maximum atomic E-state index is 5.35. The summed E-state index contributed by atoms with van der Waals surface area (Å²) in [6, 6.07) is 0. The van der Waals surface area contributed by atoms with Gasteiger partial charge in [0.1, 0.15) is 12.2 Å². The van der Waals surface area contributed by atoms with Crippen molar-refractivity contribution in [2.45, 2.75) is 50.7 Å². The van der Waals surface area contributed by atoms with E-state index in [0.717, 1.165) is 26.3 Å². The minimum Gasteiger partial charge on any atom is -0.370 e. The SMILES string of the molecule is C1OC1C1CO1.NCCCCCCCCN. The summed E-state index contributed by atoms with van der Waals surface area (Å²) in [4.78, 5) is 0. The maximum Gasteiger partial charge on any atom is 0.109 e. The van der Waals surface area contributed by atoms with E-state index in [-0.39, 0.29) is 0 Å². The Kier molecular flexibility index (Phi) is 7.76. The van der Waals surface area contributed by atoms with Crippen molar-refractivity contribution in [1.82, 2.24) is 0 Å². The molecule has 96 valence electrons. The van der Waals surface area contributed by atoms with Crippen LogP contribution in [0.5, 0.6) is 0 Å². The molecule has 2 heterocycles. The van der Waals surface area contributed by atoms with Gasteiger partial charge in [-0.25, -0.2) is 0 Å². The molecule has 0 aromatic carbocycles. The second-order valence-corrected chi connectivity index (χ2v) is 4.44. The Morgan fingerprint density at radius 1 is 0.688 bits per heavy atom. The van der Waals surface area contributed by atoms with Gasteiger partial charge in [-0.2, -0.15) is 0 Å². The third-order valence-electron chi connectivity index (χ3n) is 2.79. The first-order valence-electron chi connectivity index (χ1n) is 6.52. The molecule has 2 fully saturated rings. The first-order valence-corrected chi connectivity index (χ1v) is 6.52. The zero-order valence-electron chi connectivity index (χ0n) is 10.2. The smallest absolute Gasteiger partial charge is 0.109 e. The molecule has 16 heavy (non-hydrogen) atoms. The predicted molar refractivity (Wildman–Crippen MR) is 65.3 cm³/mol. The van der Waals surface area contributed by atoms with Crippen LogP contribution in [0.4, 0.5) is 0 Å². The molecule has 0 radical (unpaired) electrons. The van der Waals surface area contributed by atoms with Crippen molar-refractivity contribution in [3.05, 3.63) is 0 Å². The van der Waals surface area contributed by atoms with Crippen molar-refractivity contribution in [3.8, 4) is 0 Å². The van der Waals surface area contributed by atoms with Gasteiger partial charge in [0, 0.05) is 0 Å². The Balaban J connectivity index is 0.000000176. The minimum atomic E-state index is 0.491. The van der Waals surface area contributed by atoms with E-state index in [2.05, 4.69) is 0 Å². The lowest BCUT2D eigenvalue weighted by molar-refractivity contribution is 0.325. The Morgan fingerprint density at radius 2 is 1.00 bits per heavy atom. The summed E-state index contributed by atoms with van der Waals surface area (Å²) in [5.41, 5.74) is 10.7. The maximum absolute atomic E-state index is 5.35. The van der Waals surface area contributed by atoms with Gasteiger partial charge in [-0.15, -0.1) is 0 Å². The van der Waals surface area contributed by atoms with Crippen LogP contribution in [0, 0.1) is 0 Å². The zero-order chi connectivity index (χ0) is 11.6. The fourth-order valence-corrected chi connectivity index (χ4v) is 1.54. The summed E-state index contributed by atoms with van der Waals surface area (Å²) in [6.07, 6.45) is 8.59. The number of unbranched alkanes of at least 4 members (excludes halogenated alkanes) is 5. The summed E-state index contributed by atoms with van der Waals surface area (Å²) in [6.45, 7) is 3.56. The predicted octanol–water partition coefficient (Wildman–Crippen LogP) is 1.03. The molecular formula is C12H26N2O2. The first-order chi connectivity index (χ1) is 7.88. The Morgan fingerprint density at radius 3 is 1.25 bits per heavy atom. The van der Waals surface area contributed by atoms with Gasteiger partial charge >= 0.3 is 0 Å². The van der Waals surface area contributed by atoms with Gasteiger partial charge in [-0.1, -0.05) is 25.7 Å². The number of rotatable bonds is 8. The Bertz CT molecular complexity index is 141. The minimum absolute atomic E-state index is 0.491. The van der Waals surface area contributed by atoms with E-state index in [4.69, 9.17) is 20.9 Å². The van der Waals surface area contributed by atoms with E-state index in [1.54, 1.807) is 0 Å². The highest BCUT2D eigenvalue weighted by Crippen LogP contribution is 2.25. The van der Waals surface area contributed by atoms with Crippen LogP contribution in [0.15, 0.2) is 0 Å². The molecule has 2 rings (SSSR count). The Labute approximate surface area is 98.7 Å². The zero-order valence-corrected chi connectivity index (χ0v) is 10.2. The fraction of sp³-hybridized carbons (Fsp3) is 1.00. The number of epoxide rings is 2. The molecular weight excluding hydrogens is 204 g/mol. The number of nitrogens with two attached hydrogens (primary N) is 2. The van der Waals surface area contributed by atoms with Crippen LogP contribution >= 0.6 is 0 Å². The number of ether oxygens (including phenoxy) is 2.